The molecule has 0 aromatic carbocycles. The van der Waals surface area contributed by atoms with Crippen molar-refractivity contribution in [3.63, 3.8) is 0 Å². The Kier molecular flexibility index (Phi) is 2.06. The van der Waals surface area contributed by atoms with Crippen LogP contribution in [0.2, 0.25) is 0 Å². The molecule has 0 aromatic heterocycles. The Hall–Kier alpha value is 0.150. The molecule has 0 saturated heterocycles. The van der Waals surface area contributed by atoms with E-state index in [-0.39, 0.29) is 6.10 Å². The highest BCUT2D eigenvalue weighted by Crippen LogP contribution is 2.30. The maximum absolute atomic E-state index is 9.97. The van der Waals surface area contributed by atoms with Crippen molar-refractivity contribution in [1.29, 1.82) is 0 Å². The summed E-state index contributed by atoms with van der Waals surface area (Å²) in [5, 5.41) is 0. The van der Waals surface area contributed by atoms with Crippen molar-refractivity contribution in [2.24, 2.45) is 0 Å². The SMILES string of the molecule is O=[PH](O)OC1CCC1. The molecule has 1 rings (SSSR count). The molecule has 48 valence electrons. The van der Waals surface area contributed by atoms with Crippen LogP contribution in [0.4, 0.5) is 0 Å². The van der Waals surface area contributed by atoms with Crippen molar-refractivity contribution in [2.75, 3.05) is 0 Å². The second-order valence-electron chi connectivity index (χ2n) is 1.94. The minimum atomic E-state index is -2.64. The molecule has 1 atom stereocenters. The van der Waals surface area contributed by atoms with Crippen LogP contribution in [0.3, 0.4) is 0 Å². The van der Waals surface area contributed by atoms with Crippen LogP contribution in [-0.4, -0.2) is 11.0 Å². The molecule has 1 aliphatic carbocycles. The van der Waals surface area contributed by atoms with E-state index in [4.69, 9.17) is 4.89 Å². The molecule has 0 amide bonds. The van der Waals surface area contributed by atoms with Crippen molar-refractivity contribution < 1.29 is 14.0 Å². The largest absolute Gasteiger partial charge is 0.326 e. The van der Waals surface area contributed by atoms with Gasteiger partial charge in [0.05, 0.1) is 6.10 Å². The highest BCUT2D eigenvalue weighted by Gasteiger charge is 2.19. The van der Waals surface area contributed by atoms with Crippen LogP contribution < -0.4 is 0 Å². The van der Waals surface area contributed by atoms with Crippen LogP contribution >= 0.6 is 8.25 Å². The molecule has 4 heteroatoms. The summed E-state index contributed by atoms with van der Waals surface area (Å²) in [6.45, 7) is 0. The molecule has 8 heavy (non-hydrogen) atoms. The van der Waals surface area contributed by atoms with Gasteiger partial charge < -0.3 is 9.42 Å². The second kappa shape index (κ2) is 2.62. The molecule has 0 heterocycles. The van der Waals surface area contributed by atoms with E-state index in [2.05, 4.69) is 4.52 Å². The first kappa shape index (κ1) is 6.27. The van der Waals surface area contributed by atoms with Crippen LogP contribution in [-0.2, 0) is 9.09 Å². The third-order valence-corrected chi connectivity index (χ3v) is 1.85. The lowest BCUT2D eigenvalue weighted by atomic mass is 9.97. The summed E-state index contributed by atoms with van der Waals surface area (Å²) in [4.78, 5) is 8.21. The van der Waals surface area contributed by atoms with Crippen LogP contribution in [0.5, 0.6) is 0 Å². The summed E-state index contributed by atoms with van der Waals surface area (Å²) in [5.74, 6) is 0. The number of rotatable bonds is 2. The average molecular weight is 136 g/mol. The topological polar surface area (TPSA) is 46.5 Å². The Morgan fingerprint density at radius 3 is 2.38 bits per heavy atom. The van der Waals surface area contributed by atoms with E-state index >= 15 is 0 Å². The number of hydrogen-bond donors (Lipinski definition) is 1. The van der Waals surface area contributed by atoms with Gasteiger partial charge in [0.1, 0.15) is 0 Å². The average Bonchev–Trinajstić information content (AvgIpc) is 1.55. The zero-order valence-corrected chi connectivity index (χ0v) is 5.46. The Morgan fingerprint density at radius 1 is 1.62 bits per heavy atom. The van der Waals surface area contributed by atoms with E-state index in [9.17, 15) is 4.57 Å². The summed E-state index contributed by atoms with van der Waals surface area (Å²) in [6, 6.07) is 0. The maximum Gasteiger partial charge on any atom is 0.316 e. The first-order valence-electron chi connectivity index (χ1n) is 2.68. The molecule has 0 bridgehead atoms. The molecule has 0 spiro atoms. The van der Waals surface area contributed by atoms with Gasteiger partial charge >= 0.3 is 8.25 Å². The molecule has 0 aromatic rings. The minimum Gasteiger partial charge on any atom is -0.326 e. The first-order chi connectivity index (χ1) is 3.79. The molecule has 3 nitrogen and oxygen atoms in total. The Labute approximate surface area is 48.6 Å². The standard InChI is InChI=1S/C4H9O3P/c5-8(6)7-4-2-1-3-4/h4,8H,1-3H2,(H,5,6). The lowest BCUT2D eigenvalue weighted by Crippen LogP contribution is -2.18. The molecule has 1 saturated carbocycles. The lowest BCUT2D eigenvalue weighted by molar-refractivity contribution is 0.114. The fourth-order valence-corrected chi connectivity index (χ4v) is 1.15. The normalized spacial score (nSPS) is 24.6. The molecule has 1 fully saturated rings. The summed E-state index contributed by atoms with van der Waals surface area (Å²) in [6.07, 6.45) is 3.14. The second-order valence-corrected chi connectivity index (χ2v) is 2.70. The van der Waals surface area contributed by atoms with Gasteiger partial charge in [-0.15, -0.1) is 0 Å². The van der Waals surface area contributed by atoms with Gasteiger partial charge in [-0.25, -0.2) is 0 Å². The van der Waals surface area contributed by atoms with E-state index < -0.39 is 8.25 Å². The van der Waals surface area contributed by atoms with Crippen molar-refractivity contribution in [2.45, 2.75) is 25.4 Å². The summed E-state index contributed by atoms with van der Waals surface area (Å²) in [5.41, 5.74) is 0. The van der Waals surface area contributed by atoms with E-state index in [1.54, 1.807) is 0 Å². The maximum atomic E-state index is 9.97. The van der Waals surface area contributed by atoms with E-state index in [1.165, 1.54) is 0 Å². The Bertz CT molecular complexity index is 99.5. The van der Waals surface area contributed by atoms with Crippen LogP contribution in [0.15, 0.2) is 0 Å². The smallest absolute Gasteiger partial charge is 0.316 e. The molecule has 1 N–H and O–H groups in total. The van der Waals surface area contributed by atoms with Gasteiger partial charge in [-0.1, -0.05) is 0 Å². The Balaban J connectivity index is 2.09. The summed E-state index contributed by atoms with van der Waals surface area (Å²) >= 11 is 0. The zero-order chi connectivity index (χ0) is 5.98. The quantitative estimate of drug-likeness (QED) is 0.574. The van der Waals surface area contributed by atoms with Crippen molar-refractivity contribution in [1.82, 2.24) is 0 Å². The summed E-state index contributed by atoms with van der Waals surface area (Å²) in [7, 11) is -2.64. The molecule has 1 aliphatic rings. The van der Waals surface area contributed by atoms with Crippen LogP contribution in [0, 0.1) is 0 Å². The highest BCUT2D eigenvalue weighted by atomic mass is 31.1. The first-order valence-corrected chi connectivity index (χ1v) is 3.95. The Morgan fingerprint density at radius 2 is 2.25 bits per heavy atom. The minimum absolute atomic E-state index is 0.0892. The number of hydrogen-bond acceptors (Lipinski definition) is 2. The molecular formula is C4H9O3P. The lowest BCUT2D eigenvalue weighted by Gasteiger charge is -2.23. The molecule has 0 radical (unpaired) electrons. The third-order valence-electron chi connectivity index (χ3n) is 1.32. The van der Waals surface area contributed by atoms with Crippen LogP contribution in [0.1, 0.15) is 19.3 Å². The van der Waals surface area contributed by atoms with Gasteiger partial charge in [0.25, 0.3) is 0 Å². The van der Waals surface area contributed by atoms with Gasteiger partial charge in [0.2, 0.25) is 0 Å². The summed E-state index contributed by atoms with van der Waals surface area (Å²) < 4.78 is 14.6. The van der Waals surface area contributed by atoms with Crippen molar-refractivity contribution >= 4 is 8.25 Å². The van der Waals surface area contributed by atoms with E-state index in [0.29, 0.717) is 0 Å². The van der Waals surface area contributed by atoms with Gasteiger partial charge in [0, 0.05) is 0 Å². The van der Waals surface area contributed by atoms with E-state index in [1.807, 2.05) is 0 Å². The van der Waals surface area contributed by atoms with E-state index in [0.717, 1.165) is 19.3 Å². The third kappa shape index (κ3) is 1.58. The van der Waals surface area contributed by atoms with Gasteiger partial charge in [0.15, 0.2) is 0 Å². The van der Waals surface area contributed by atoms with Gasteiger partial charge in [-0.05, 0) is 19.3 Å². The highest BCUT2D eigenvalue weighted by molar-refractivity contribution is 7.32. The van der Waals surface area contributed by atoms with Crippen molar-refractivity contribution in [3.8, 4) is 0 Å². The fraction of sp³-hybridized carbons (Fsp3) is 1.00. The predicted octanol–water partition coefficient (Wildman–Crippen LogP) is 0.937. The molecule has 0 aliphatic heterocycles. The predicted molar refractivity (Wildman–Crippen MR) is 29.9 cm³/mol. The zero-order valence-electron chi connectivity index (χ0n) is 4.46. The van der Waals surface area contributed by atoms with Crippen molar-refractivity contribution in [3.05, 3.63) is 0 Å². The van der Waals surface area contributed by atoms with Gasteiger partial charge in [-0.3, -0.25) is 4.57 Å². The molecular weight excluding hydrogens is 127 g/mol. The van der Waals surface area contributed by atoms with Crippen LogP contribution in [0.25, 0.3) is 0 Å². The molecule has 1 unspecified atom stereocenters. The monoisotopic (exact) mass is 136 g/mol. The van der Waals surface area contributed by atoms with Gasteiger partial charge in [-0.2, -0.15) is 0 Å². The fourth-order valence-electron chi connectivity index (χ4n) is 0.631.